The minimum Gasteiger partial charge on any atom is -0.454 e. The van der Waals surface area contributed by atoms with E-state index in [-0.39, 0.29) is 17.7 Å². The van der Waals surface area contributed by atoms with E-state index in [9.17, 15) is 8.42 Å². The zero-order valence-corrected chi connectivity index (χ0v) is 17.0. The van der Waals surface area contributed by atoms with Gasteiger partial charge in [0.2, 0.25) is 16.8 Å². The Kier molecular flexibility index (Phi) is 4.92. The lowest BCUT2D eigenvalue weighted by Crippen LogP contribution is -2.35. The van der Waals surface area contributed by atoms with Gasteiger partial charge < -0.3 is 14.0 Å². The first-order valence-electron chi connectivity index (χ1n) is 9.91. The number of nitrogens with zero attached hydrogens (tertiary/aromatic N) is 3. The van der Waals surface area contributed by atoms with Crippen molar-refractivity contribution < 1.29 is 22.4 Å². The van der Waals surface area contributed by atoms with Crippen LogP contribution in [0.1, 0.15) is 37.4 Å². The lowest BCUT2D eigenvalue weighted by Gasteiger charge is -2.27. The zero-order valence-electron chi connectivity index (χ0n) is 16.2. The Balaban J connectivity index is 1.49. The molecule has 5 rings (SSSR count). The van der Waals surface area contributed by atoms with Gasteiger partial charge in [0, 0.05) is 30.6 Å². The molecule has 2 aliphatic rings. The number of sulfonamides is 1. The summed E-state index contributed by atoms with van der Waals surface area (Å²) in [6, 6.07) is 10.2. The monoisotopic (exact) mass is 427 g/mol. The highest BCUT2D eigenvalue weighted by atomic mass is 32.2. The highest BCUT2D eigenvalue weighted by Gasteiger charge is 2.35. The fourth-order valence-corrected chi connectivity index (χ4v) is 5.57. The minimum atomic E-state index is -3.69. The fraction of sp³-hybridized carbons (Fsp3) is 0.333. The SMILES string of the molecule is O=S(=O)(c1cccnc1)N1CCCCC[C@@H]1c1cc(-c2ccc3c(c2)OCO3)on1. The molecule has 2 aliphatic heterocycles. The summed E-state index contributed by atoms with van der Waals surface area (Å²) in [7, 11) is -3.69. The number of hydrogen-bond donors (Lipinski definition) is 0. The van der Waals surface area contributed by atoms with E-state index in [4.69, 9.17) is 14.0 Å². The van der Waals surface area contributed by atoms with Gasteiger partial charge in [0.25, 0.3) is 0 Å². The van der Waals surface area contributed by atoms with E-state index in [1.807, 2.05) is 24.3 Å². The van der Waals surface area contributed by atoms with Gasteiger partial charge in [-0.1, -0.05) is 18.0 Å². The first kappa shape index (κ1) is 19.1. The molecule has 2 aromatic heterocycles. The van der Waals surface area contributed by atoms with E-state index in [0.717, 1.165) is 24.8 Å². The Morgan fingerprint density at radius 3 is 2.80 bits per heavy atom. The summed E-state index contributed by atoms with van der Waals surface area (Å²) < 4.78 is 44.6. The van der Waals surface area contributed by atoms with Gasteiger partial charge in [0.05, 0.1) is 6.04 Å². The van der Waals surface area contributed by atoms with Gasteiger partial charge in [-0.2, -0.15) is 4.31 Å². The predicted molar refractivity (Wildman–Crippen MR) is 107 cm³/mol. The number of ether oxygens (including phenoxy) is 2. The molecular weight excluding hydrogens is 406 g/mol. The number of benzene rings is 1. The summed E-state index contributed by atoms with van der Waals surface area (Å²) in [6.07, 6.45) is 6.35. The van der Waals surface area contributed by atoms with Crippen molar-refractivity contribution in [3.63, 3.8) is 0 Å². The molecule has 1 atom stereocenters. The molecule has 0 spiro atoms. The Morgan fingerprint density at radius 2 is 1.93 bits per heavy atom. The van der Waals surface area contributed by atoms with Gasteiger partial charge in [-0.25, -0.2) is 8.42 Å². The van der Waals surface area contributed by atoms with Gasteiger partial charge in [-0.15, -0.1) is 0 Å². The summed E-state index contributed by atoms with van der Waals surface area (Å²) in [5.41, 5.74) is 1.41. The molecule has 0 saturated carbocycles. The van der Waals surface area contributed by atoms with Gasteiger partial charge in [-0.3, -0.25) is 4.98 Å². The molecule has 0 radical (unpaired) electrons. The van der Waals surface area contributed by atoms with Crippen molar-refractivity contribution >= 4 is 10.0 Å². The fourth-order valence-electron chi connectivity index (χ4n) is 3.93. The maximum atomic E-state index is 13.3. The molecule has 3 aromatic rings. The van der Waals surface area contributed by atoms with E-state index in [1.165, 1.54) is 10.5 Å². The van der Waals surface area contributed by atoms with Gasteiger partial charge in [0.1, 0.15) is 10.6 Å². The molecule has 30 heavy (non-hydrogen) atoms. The number of fused-ring (bicyclic) bond motifs is 1. The second-order valence-corrected chi connectivity index (χ2v) is 9.24. The molecule has 9 heteroatoms. The van der Waals surface area contributed by atoms with E-state index in [1.54, 1.807) is 18.3 Å². The number of pyridine rings is 1. The van der Waals surface area contributed by atoms with Crippen LogP contribution in [0.2, 0.25) is 0 Å². The molecule has 1 aromatic carbocycles. The van der Waals surface area contributed by atoms with Crippen LogP contribution in [-0.4, -0.2) is 36.2 Å². The van der Waals surface area contributed by atoms with Crippen molar-refractivity contribution in [3.8, 4) is 22.8 Å². The summed E-state index contributed by atoms with van der Waals surface area (Å²) in [5.74, 6) is 1.91. The highest BCUT2D eigenvalue weighted by Crippen LogP contribution is 2.38. The third-order valence-electron chi connectivity index (χ3n) is 5.47. The third-order valence-corrected chi connectivity index (χ3v) is 7.36. The molecule has 4 heterocycles. The summed E-state index contributed by atoms with van der Waals surface area (Å²) in [4.78, 5) is 4.17. The molecule has 0 bridgehead atoms. The third kappa shape index (κ3) is 3.44. The van der Waals surface area contributed by atoms with Crippen molar-refractivity contribution in [1.82, 2.24) is 14.4 Å². The number of rotatable bonds is 4. The first-order chi connectivity index (χ1) is 14.6. The lowest BCUT2D eigenvalue weighted by molar-refractivity contribution is 0.174. The van der Waals surface area contributed by atoms with Crippen LogP contribution in [0.25, 0.3) is 11.3 Å². The Bertz CT molecular complexity index is 1150. The quantitative estimate of drug-likeness (QED) is 0.625. The van der Waals surface area contributed by atoms with E-state index >= 15 is 0 Å². The van der Waals surface area contributed by atoms with Crippen LogP contribution in [0.4, 0.5) is 0 Å². The second kappa shape index (κ2) is 7.73. The largest absolute Gasteiger partial charge is 0.454 e. The summed E-state index contributed by atoms with van der Waals surface area (Å²) >= 11 is 0. The topological polar surface area (TPSA) is 94.8 Å². The molecular formula is C21H21N3O5S. The van der Waals surface area contributed by atoms with Crippen molar-refractivity contribution in [1.29, 1.82) is 0 Å². The molecule has 1 saturated heterocycles. The highest BCUT2D eigenvalue weighted by molar-refractivity contribution is 7.89. The lowest BCUT2D eigenvalue weighted by atomic mass is 10.1. The van der Waals surface area contributed by atoms with Gasteiger partial charge in [-0.05, 0) is 43.2 Å². The standard InChI is InChI=1S/C21H21N3O5S/c25-30(26,16-5-4-9-22-13-16)24-10-3-1-2-6-18(24)17-12-20(29-23-17)15-7-8-19-21(11-15)28-14-27-19/h4-5,7-9,11-13,18H,1-3,6,10,14H2/t18-/m1/s1. The van der Waals surface area contributed by atoms with Crippen molar-refractivity contribution in [2.45, 2.75) is 36.6 Å². The van der Waals surface area contributed by atoms with Crippen LogP contribution in [0, 0.1) is 0 Å². The molecule has 156 valence electrons. The van der Waals surface area contributed by atoms with E-state index in [2.05, 4.69) is 10.1 Å². The van der Waals surface area contributed by atoms with Crippen molar-refractivity contribution in [2.75, 3.05) is 13.3 Å². The van der Waals surface area contributed by atoms with Gasteiger partial charge >= 0.3 is 0 Å². The molecule has 0 N–H and O–H groups in total. The molecule has 8 nitrogen and oxygen atoms in total. The maximum absolute atomic E-state index is 13.3. The summed E-state index contributed by atoms with van der Waals surface area (Å²) in [5, 5.41) is 4.24. The zero-order chi connectivity index (χ0) is 20.6. The maximum Gasteiger partial charge on any atom is 0.245 e. The molecule has 0 aliphatic carbocycles. The van der Waals surface area contributed by atoms with E-state index < -0.39 is 10.0 Å². The van der Waals surface area contributed by atoms with Gasteiger partial charge in [0.15, 0.2) is 17.3 Å². The second-order valence-electron chi connectivity index (χ2n) is 7.35. The predicted octanol–water partition coefficient (Wildman–Crippen LogP) is 3.77. The first-order valence-corrected chi connectivity index (χ1v) is 11.4. The van der Waals surface area contributed by atoms with Crippen molar-refractivity contribution in [3.05, 3.63) is 54.5 Å². The molecule has 0 amide bonds. The van der Waals surface area contributed by atoms with E-state index in [0.29, 0.717) is 35.9 Å². The van der Waals surface area contributed by atoms with Crippen LogP contribution in [0.5, 0.6) is 11.5 Å². The summed E-state index contributed by atoms with van der Waals surface area (Å²) in [6.45, 7) is 0.637. The Labute approximate surface area is 174 Å². The van der Waals surface area contributed by atoms with Crippen LogP contribution in [0.3, 0.4) is 0 Å². The Hall–Kier alpha value is -2.91. The van der Waals surface area contributed by atoms with Crippen molar-refractivity contribution in [2.24, 2.45) is 0 Å². The smallest absolute Gasteiger partial charge is 0.245 e. The van der Waals surface area contributed by atoms with Crippen LogP contribution in [0.15, 0.2) is 58.2 Å². The van der Waals surface area contributed by atoms with Crippen LogP contribution in [-0.2, 0) is 10.0 Å². The number of aromatic nitrogens is 2. The molecule has 1 fully saturated rings. The molecule has 0 unspecified atom stereocenters. The average molecular weight is 427 g/mol. The minimum absolute atomic E-state index is 0.191. The normalized spacial score (nSPS) is 19.5. The number of hydrogen-bond acceptors (Lipinski definition) is 7. The average Bonchev–Trinajstić information content (AvgIpc) is 3.38. The Morgan fingerprint density at radius 1 is 1.03 bits per heavy atom. The van der Waals surface area contributed by atoms with Crippen LogP contribution >= 0.6 is 0 Å². The van der Waals surface area contributed by atoms with Crippen LogP contribution < -0.4 is 9.47 Å².